The number of carbonyl (C=O) groups is 3. The molecule has 1 aromatic rings. The van der Waals surface area contributed by atoms with Crippen LogP contribution in [0.1, 0.15) is 20.7 Å². The molecule has 2 rings (SSSR count). The first-order valence-electron chi connectivity index (χ1n) is 6.01. The molecule has 1 aromatic carbocycles. The number of hydrogen-bond donors (Lipinski definition) is 2. The number of nitrogens with zero attached hydrogens (tertiary/aromatic N) is 1. The van der Waals surface area contributed by atoms with Crippen LogP contribution >= 0.6 is 0 Å². The van der Waals surface area contributed by atoms with E-state index in [9.17, 15) is 14.4 Å². The summed E-state index contributed by atoms with van der Waals surface area (Å²) in [5.41, 5.74) is 0.714. The SMILES string of the molecule is CNCCNC(=O)CN1C(=O)c2ccccc2C1=O. The van der Waals surface area contributed by atoms with Gasteiger partial charge in [0.1, 0.15) is 6.54 Å². The second-order valence-electron chi connectivity index (χ2n) is 4.20. The van der Waals surface area contributed by atoms with Gasteiger partial charge in [-0.3, -0.25) is 19.3 Å². The number of fused-ring (bicyclic) bond motifs is 1. The molecular weight excluding hydrogens is 246 g/mol. The number of amides is 3. The first-order chi connectivity index (χ1) is 9.15. The smallest absolute Gasteiger partial charge is 0.262 e. The molecule has 1 heterocycles. The lowest BCUT2D eigenvalue weighted by Gasteiger charge is -2.13. The third-order valence-corrected chi connectivity index (χ3v) is 2.88. The van der Waals surface area contributed by atoms with Crippen LogP contribution in [0.4, 0.5) is 0 Å². The van der Waals surface area contributed by atoms with Gasteiger partial charge in [-0.25, -0.2) is 0 Å². The van der Waals surface area contributed by atoms with Gasteiger partial charge in [-0.15, -0.1) is 0 Å². The number of hydrogen-bond acceptors (Lipinski definition) is 4. The Morgan fingerprint density at radius 1 is 1.11 bits per heavy atom. The van der Waals surface area contributed by atoms with Crippen LogP contribution in [0.3, 0.4) is 0 Å². The molecule has 19 heavy (non-hydrogen) atoms. The first-order valence-corrected chi connectivity index (χ1v) is 6.01. The van der Waals surface area contributed by atoms with Crippen molar-refractivity contribution in [1.29, 1.82) is 0 Å². The Bertz CT molecular complexity index is 493. The standard InChI is InChI=1S/C13H15N3O3/c1-14-6-7-15-11(17)8-16-12(18)9-4-2-3-5-10(9)13(16)19/h2-5,14H,6-8H2,1H3,(H,15,17). The highest BCUT2D eigenvalue weighted by Crippen LogP contribution is 2.21. The molecule has 0 spiro atoms. The largest absolute Gasteiger partial charge is 0.353 e. The molecule has 0 aromatic heterocycles. The first kappa shape index (κ1) is 13.2. The van der Waals surface area contributed by atoms with Gasteiger partial charge < -0.3 is 10.6 Å². The Balaban J connectivity index is 2.02. The highest BCUT2D eigenvalue weighted by Gasteiger charge is 2.35. The molecule has 0 fully saturated rings. The van der Waals surface area contributed by atoms with Crippen LogP contribution in [0.5, 0.6) is 0 Å². The minimum Gasteiger partial charge on any atom is -0.353 e. The molecule has 100 valence electrons. The molecule has 6 heteroatoms. The minimum atomic E-state index is -0.413. The van der Waals surface area contributed by atoms with Gasteiger partial charge in [-0.2, -0.15) is 0 Å². The fourth-order valence-electron chi connectivity index (χ4n) is 1.91. The predicted molar refractivity (Wildman–Crippen MR) is 68.7 cm³/mol. The maximum absolute atomic E-state index is 12.0. The van der Waals surface area contributed by atoms with Gasteiger partial charge in [-0.05, 0) is 19.2 Å². The number of imide groups is 1. The van der Waals surface area contributed by atoms with Crippen molar-refractivity contribution in [3.8, 4) is 0 Å². The zero-order chi connectivity index (χ0) is 13.8. The van der Waals surface area contributed by atoms with Crippen molar-refractivity contribution < 1.29 is 14.4 Å². The van der Waals surface area contributed by atoms with Crippen molar-refractivity contribution in [1.82, 2.24) is 15.5 Å². The molecule has 3 amide bonds. The molecule has 0 saturated carbocycles. The average molecular weight is 261 g/mol. The zero-order valence-electron chi connectivity index (χ0n) is 10.6. The number of benzene rings is 1. The van der Waals surface area contributed by atoms with Crippen LogP contribution in [-0.2, 0) is 4.79 Å². The van der Waals surface area contributed by atoms with Crippen molar-refractivity contribution in [3.63, 3.8) is 0 Å². The number of rotatable bonds is 5. The second-order valence-corrected chi connectivity index (χ2v) is 4.20. The lowest BCUT2D eigenvalue weighted by atomic mass is 10.1. The van der Waals surface area contributed by atoms with Gasteiger partial charge in [0.15, 0.2) is 0 Å². The molecule has 0 atom stereocenters. The Morgan fingerprint density at radius 3 is 2.21 bits per heavy atom. The monoisotopic (exact) mass is 261 g/mol. The van der Waals surface area contributed by atoms with E-state index in [1.807, 2.05) is 0 Å². The predicted octanol–water partition coefficient (Wildman–Crippen LogP) is -0.382. The minimum absolute atomic E-state index is 0.240. The highest BCUT2D eigenvalue weighted by atomic mass is 16.2. The quantitative estimate of drug-likeness (QED) is 0.559. The Kier molecular flexibility index (Phi) is 3.91. The fourth-order valence-corrected chi connectivity index (χ4v) is 1.91. The van der Waals surface area contributed by atoms with Crippen LogP contribution in [0.15, 0.2) is 24.3 Å². The lowest BCUT2D eigenvalue weighted by Crippen LogP contribution is -2.41. The molecule has 1 aliphatic heterocycles. The van der Waals surface area contributed by atoms with Gasteiger partial charge in [0.05, 0.1) is 11.1 Å². The van der Waals surface area contributed by atoms with Crippen LogP contribution < -0.4 is 10.6 Å². The van der Waals surface area contributed by atoms with E-state index in [1.165, 1.54) is 0 Å². The lowest BCUT2D eigenvalue weighted by molar-refractivity contribution is -0.121. The number of carbonyl (C=O) groups excluding carboxylic acids is 3. The molecule has 6 nitrogen and oxygen atoms in total. The zero-order valence-corrected chi connectivity index (χ0v) is 10.6. The van der Waals surface area contributed by atoms with Crippen molar-refractivity contribution >= 4 is 17.7 Å². The van der Waals surface area contributed by atoms with E-state index < -0.39 is 11.8 Å². The number of likely N-dealkylation sites (N-methyl/N-ethyl adjacent to an activating group) is 1. The van der Waals surface area contributed by atoms with Gasteiger partial charge in [0.25, 0.3) is 11.8 Å². The van der Waals surface area contributed by atoms with Crippen molar-refractivity contribution in [2.75, 3.05) is 26.7 Å². The molecule has 0 aliphatic carbocycles. The Hall–Kier alpha value is -2.21. The van der Waals surface area contributed by atoms with Gasteiger partial charge in [0.2, 0.25) is 5.91 Å². The van der Waals surface area contributed by atoms with Crippen molar-refractivity contribution in [3.05, 3.63) is 35.4 Å². The van der Waals surface area contributed by atoms with Crippen LogP contribution in [0.25, 0.3) is 0 Å². The summed E-state index contributed by atoms with van der Waals surface area (Å²) in [7, 11) is 1.77. The van der Waals surface area contributed by atoms with Crippen molar-refractivity contribution in [2.45, 2.75) is 0 Å². The summed E-state index contributed by atoms with van der Waals surface area (Å²) in [5, 5.41) is 5.52. The van der Waals surface area contributed by atoms with Crippen LogP contribution in [-0.4, -0.2) is 49.3 Å². The summed E-state index contributed by atoms with van der Waals surface area (Å²) in [4.78, 5) is 36.6. The summed E-state index contributed by atoms with van der Waals surface area (Å²) in [6.07, 6.45) is 0. The fraction of sp³-hybridized carbons (Fsp3) is 0.308. The van der Waals surface area contributed by atoms with E-state index in [2.05, 4.69) is 10.6 Å². The van der Waals surface area contributed by atoms with E-state index in [4.69, 9.17) is 0 Å². The molecule has 0 saturated heterocycles. The van der Waals surface area contributed by atoms with E-state index in [0.29, 0.717) is 24.2 Å². The van der Waals surface area contributed by atoms with E-state index in [-0.39, 0.29) is 12.5 Å². The van der Waals surface area contributed by atoms with Crippen LogP contribution in [0.2, 0.25) is 0 Å². The second kappa shape index (κ2) is 5.62. The summed E-state index contributed by atoms with van der Waals surface area (Å²) in [6.45, 7) is 0.850. The highest BCUT2D eigenvalue weighted by molar-refractivity contribution is 6.22. The van der Waals surface area contributed by atoms with Gasteiger partial charge >= 0.3 is 0 Å². The summed E-state index contributed by atoms with van der Waals surface area (Å²) < 4.78 is 0. The van der Waals surface area contributed by atoms with E-state index >= 15 is 0 Å². The number of nitrogens with one attached hydrogen (secondary N) is 2. The topological polar surface area (TPSA) is 78.5 Å². The Labute approximate surface area is 110 Å². The molecule has 0 bridgehead atoms. The maximum Gasteiger partial charge on any atom is 0.262 e. The summed E-state index contributed by atoms with van der Waals surface area (Å²) >= 11 is 0. The van der Waals surface area contributed by atoms with E-state index in [1.54, 1.807) is 31.3 Å². The molecular formula is C13H15N3O3. The van der Waals surface area contributed by atoms with Gasteiger partial charge in [0, 0.05) is 13.1 Å². The third-order valence-electron chi connectivity index (χ3n) is 2.88. The van der Waals surface area contributed by atoms with Crippen LogP contribution in [0, 0.1) is 0 Å². The third kappa shape index (κ3) is 2.63. The van der Waals surface area contributed by atoms with Crippen molar-refractivity contribution in [2.24, 2.45) is 0 Å². The average Bonchev–Trinajstić information content (AvgIpc) is 2.65. The normalized spacial score (nSPS) is 13.6. The Morgan fingerprint density at radius 2 is 1.68 bits per heavy atom. The maximum atomic E-state index is 12.0. The molecule has 0 unspecified atom stereocenters. The molecule has 1 aliphatic rings. The van der Waals surface area contributed by atoms with E-state index in [0.717, 1.165) is 4.90 Å². The summed E-state index contributed by atoms with van der Waals surface area (Å²) in [5.74, 6) is -1.17. The molecule has 0 radical (unpaired) electrons. The summed E-state index contributed by atoms with van der Waals surface area (Å²) in [6, 6.07) is 6.57. The van der Waals surface area contributed by atoms with Gasteiger partial charge in [-0.1, -0.05) is 12.1 Å². The molecule has 2 N–H and O–H groups in total.